The van der Waals surface area contributed by atoms with E-state index in [0.29, 0.717) is 6.61 Å². The van der Waals surface area contributed by atoms with Crippen molar-refractivity contribution in [1.29, 1.82) is 0 Å². The Balaban J connectivity index is 0.0000000974. The zero-order chi connectivity index (χ0) is 96.7. The zero-order valence-electron chi connectivity index (χ0n) is 79.1. The fourth-order valence-corrected chi connectivity index (χ4v) is 20.8. The van der Waals surface area contributed by atoms with Gasteiger partial charge in [0.1, 0.15) is 46.2 Å². The summed E-state index contributed by atoms with van der Waals surface area (Å²) in [6.45, 7) is 4.23. The first-order valence-corrected chi connectivity index (χ1v) is 48.3. The molecule has 0 fully saturated rings. The Morgan fingerprint density at radius 3 is 1.18 bits per heavy atom. The molecule has 0 saturated heterocycles. The van der Waals surface area contributed by atoms with Crippen LogP contribution in [0.2, 0.25) is 0 Å². The molecule has 0 saturated carbocycles. The van der Waals surface area contributed by atoms with E-state index in [2.05, 4.69) is 268 Å². The Hall–Kier alpha value is -18.4. The molecular formula is C133H80N4O9W2-6. The molecule has 0 radical (unpaired) electrons. The van der Waals surface area contributed by atoms with E-state index >= 15 is 0 Å². The summed E-state index contributed by atoms with van der Waals surface area (Å²) in [6.07, 6.45) is 5.58. The number of anilines is 3. The van der Waals surface area contributed by atoms with E-state index in [0.717, 1.165) is 240 Å². The second-order valence-electron chi connectivity index (χ2n) is 35.8. The third kappa shape index (κ3) is 16.1. The molecule has 15 heteroatoms. The van der Waals surface area contributed by atoms with E-state index < -0.39 is 0 Å². The quantitative estimate of drug-likeness (QED) is 0.102. The van der Waals surface area contributed by atoms with E-state index in [1.54, 1.807) is 6.08 Å². The van der Waals surface area contributed by atoms with Crippen LogP contribution < -0.4 is 33.3 Å². The molecule has 0 atom stereocenters. The molecule has 12 heterocycles. The van der Waals surface area contributed by atoms with Crippen molar-refractivity contribution in [2.75, 3.05) is 11.5 Å². The number of nitrogens with zero attached hydrogens (tertiary/aromatic N) is 4. The third-order valence-corrected chi connectivity index (χ3v) is 27.3. The monoisotopic (exact) mass is 2240 g/mol. The molecule has 27 aromatic rings. The fourth-order valence-electron chi connectivity index (χ4n) is 20.8. The van der Waals surface area contributed by atoms with Crippen LogP contribution in [0, 0.1) is 36.4 Å². The smallest absolute Gasteiger partial charge is 0.155 e. The Morgan fingerprint density at radius 1 is 0.250 bits per heavy atom. The van der Waals surface area contributed by atoms with E-state index in [1.807, 2.05) is 249 Å². The second kappa shape index (κ2) is 38.7. The average Bonchev–Trinajstić information content (AvgIpc) is 1.59. The van der Waals surface area contributed by atoms with Gasteiger partial charge in [-0.2, -0.15) is 146 Å². The van der Waals surface area contributed by atoms with Crippen LogP contribution >= 0.6 is 0 Å². The van der Waals surface area contributed by atoms with Gasteiger partial charge >= 0.3 is 0 Å². The number of para-hydroxylation sites is 9. The van der Waals surface area contributed by atoms with Gasteiger partial charge < -0.3 is 46.6 Å². The van der Waals surface area contributed by atoms with E-state index in [4.69, 9.17) is 41.7 Å². The summed E-state index contributed by atoms with van der Waals surface area (Å²) in [7, 11) is 0. The second-order valence-corrected chi connectivity index (χ2v) is 35.8. The Bertz CT molecular complexity index is 9610. The van der Waals surface area contributed by atoms with Crippen molar-refractivity contribution in [1.82, 2.24) is 13.7 Å². The molecule has 0 amide bonds. The van der Waals surface area contributed by atoms with Crippen molar-refractivity contribution in [3.8, 4) is 113 Å². The molecule has 6 aromatic heterocycles. The number of benzene rings is 21. The minimum atomic E-state index is 0. The molecule has 0 N–H and O–H groups in total. The summed E-state index contributed by atoms with van der Waals surface area (Å²) in [5, 5.41) is 13.8. The van der Waals surface area contributed by atoms with Crippen LogP contribution in [-0.2, 0) is 42.1 Å². The Kier molecular flexibility index (Phi) is 23.8. The third-order valence-electron chi connectivity index (χ3n) is 27.3. The van der Waals surface area contributed by atoms with E-state index in [1.165, 1.54) is 32.7 Å². The molecule has 0 unspecified atom stereocenters. The summed E-state index contributed by atoms with van der Waals surface area (Å²) in [5.74, 6) is 9.31. The summed E-state index contributed by atoms with van der Waals surface area (Å²) >= 11 is 0. The maximum atomic E-state index is 6.57. The average molecular weight is 2250 g/mol. The first kappa shape index (κ1) is 90.9. The van der Waals surface area contributed by atoms with Crippen LogP contribution in [0.15, 0.2) is 487 Å². The van der Waals surface area contributed by atoms with Crippen molar-refractivity contribution < 1.29 is 83.8 Å². The summed E-state index contributed by atoms with van der Waals surface area (Å²) in [6, 6.07) is 168. The first-order valence-electron chi connectivity index (χ1n) is 48.3. The topological polar surface area (TPSA) is 113 Å². The standard InChI is InChI=1S/C42H24N2O3.C25H16NO2.C24H12NO2.2C12H7O.C12H9.C6H5.2W/c1-2-8-27(9-3-1)43(29-20-21-31-30-10-4-5-12-34(30)45-38(31)24-29)28-18-16-25(17-19-28)26-22-33-32-11-6-13-35-40(32)44-41(33)39(23-26)47-37-15-7-14-36(46-35)42(37)44;1-2-3-11-21-20-15-27-23-14-17(16-8-5-4-6-9-16)13-19-18-10-7-12-22(28-21)24(18)26(20)25(19)23;1-2-6-14(7-3-1)15-12-17-16-8-4-9-18-22(16)25-23(17)21(13-15)27-20-11-5-10-19(26-18)24(20)25;2*1-3-7-11-9(5-1)10-6-2-4-8-12(10)13-11;1-3-7-11(8-4-1)12-9-5-2-6-10-12;1-2-4-6-5-3-1;;/h1-24H;2-3,5-14H,1,15H2;2-13H;1,3-8H;1-5,7-8H;1,3-10H;1-5H;;/q;6*-1;;/b;11-3-;;;;;;;. The number of hydrogen-bond donors (Lipinski definition) is 0. The largest absolute Gasteiger partial charge is 0.510 e. The molecule has 0 bridgehead atoms. The molecule has 0 spiro atoms. The molecule has 148 heavy (non-hydrogen) atoms. The van der Waals surface area contributed by atoms with Gasteiger partial charge in [0, 0.05) is 120 Å². The number of ether oxygens (including phenoxy) is 6. The molecule has 6 aliphatic rings. The Labute approximate surface area is 879 Å². The van der Waals surface area contributed by atoms with Crippen molar-refractivity contribution in [2.24, 2.45) is 0 Å². The van der Waals surface area contributed by atoms with Gasteiger partial charge in [-0.3, -0.25) is 13.7 Å². The van der Waals surface area contributed by atoms with Crippen LogP contribution in [0.4, 0.5) is 17.1 Å². The normalized spacial score (nSPS) is 12.2. The van der Waals surface area contributed by atoms with Gasteiger partial charge in [-0.15, -0.1) is 47.0 Å². The van der Waals surface area contributed by atoms with E-state index in [9.17, 15) is 0 Å². The first-order chi connectivity index (χ1) is 72.4. The van der Waals surface area contributed by atoms with Crippen LogP contribution in [0.1, 0.15) is 0 Å². The summed E-state index contributed by atoms with van der Waals surface area (Å²) < 4.78 is 62.3. The molecule has 6 aliphatic heterocycles. The number of furan rings is 3. The summed E-state index contributed by atoms with van der Waals surface area (Å²) in [4.78, 5) is 2.27. The molecule has 33 rings (SSSR count). The minimum Gasteiger partial charge on any atom is -0.510 e. The summed E-state index contributed by atoms with van der Waals surface area (Å²) in [5.41, 5.74) is 27.5. The van der Waals surface area contributed by atoms with Crippen molar-refractivity contribution in [3.63, 3.8) is 0 Å². The Morgan fingerprint density at radius 2 is 0.635 bits per heavy atom. The number of hydrogen-bond acceptors (Lipinski definition) is 10. The van der Waals surface area contributed by atoms with Gasteiger partial charge in [0.2, 0.25) is 0 Å². The van der Waals surface area contributed by atoms with Crippen LogP contribution in [0.3, 0.4) is 0 Å². The number of aromatic nitrogens is 3. The van der Waals surface area contributed by atoms with Gasteiger partial charge in [-0.05, 0) is 173 Å². The number of rotatable bonds is 9. The maximum Gasteiger partial charge on any atom is 0.155 e. The van der Waals surface area contributed by atoms with Crippen LogP contribution in [0.25, 0.3) is 193 Å². The maximum absolute atomic E-state index is 6.57. The molecule has 704 valence electrons. The molecule has 21 aromatic carbocycles. The molecule has 13 nitrogen and oxygen atoms in total. The van der Waals surface area contributed by atoms with Gasteiger partial charge in [0.25, 0.3) is 0 Å². The van der Waals surface area contributed by atoms with Crippen LogP contribution in [-0.4, -0.2) is 20.3 Å². The zero-order valence-corrected chi connectivity index (χ0v) is 84.9. The molecule has 0 aliphatic carbocycles. The van der Waals surface area contributed by atoms with Crippen molar-refractivity contribution in [2.45, 2.75) is 0 Å². The molecular weight excluding hydrogens is 2170 g/mol. The number of allylic oxidation sites excluding steroid dienone is 3. The predicted molar refractivity (Wildman–Crippen MR) is 587 cm³/mol. The van der Waals surface area contributed by atoms with Crippen molar-refractivity contribution in [3.05, 3.63) is 510 Å². The van der Waals surface area contributed by atoms with Crippen molar-refractivity contribution >= 4 is 154 Å². The SMILES string of the molecule is C=C/C=C\C1=C2COc3cc(-c4cc[c-]cc4)cc4c5cccc(c5n2c34)O1.[W].[W].[c-]1ccc(-c2cc3c4c(c2)c2cccc5c2n4-c2c(cccc2O3)O5)cc1.[c-]1ccc(-c2ccccc2)cc1.[c-]1ccc2oc3ccccc3c2c1.[c-]1cccc2oc3ccccc3c12.[c-]1ccccc1.c1ccc(N(c2ccc(-c3cc4c5c(c3)c3cccc6c3n5-c3c(cccc3O4)O6)cc2)c2ccc3c(c2)oc2ccccc23)cc1. The van der Waals surface area contributed by atoms with E-state index in [-0.39, 0.29) is 42.1 Å². The number of fused-ring (bicyclic) bond motifs is 12. The van der Waals surface area contributed by atoms with Gasteiger partial charge in [-0.25, -0.2) is 0 Å². The van der Waals surface area contributed by atoms with Gasteiger partial charge in [0.05, 0.1) is 38.7 Å². The van der Waals surface area contributed by atoms with Gasteiger partial charge in [0.15, 0.2) is 57.5 Å². The minimum absolute atomic E-state index is 0. The fraction of sp³-hybridized carbons (Fsp3) is 0.00752. The van der Waals surface area contributed by atoms with Crippen LogP contribution in [0.5, 0.6) is 57.5 Å². The predicted octanol–water partition coefficient (Wildman–Crippen LogP) is 35.9. The van der Waals surface area contributed by atoms with Gasteiger partial charge in [-0.1, -0.05) is 199 Å².